The first-order chi connectivity index (χ1) is 11.6. The maximum Gasteiger partial charge on any atom is 0.263 e. The van der Waals surface area contributed by atoms with Crippen molar-refractivity contribution in [2.75, 3.05) is 11.9 Å². The molecule has 6 nitrogen and oxygen atoms in total. The van der Waals surface area contributed by atoms with Crippen LogP contribution in [0.2, 0.25) is 5.02 Å². The second-order valence-corrected chi connectivity index (χ2v) is 5.28. The van der Waals surface area contributed by atoms with Crippen LogP contribution in [0.4, 0.5) is 5.82 Å². The lowest BCUT2D eigenvalue weighted by Gasteiger charge is -2.05. The van der Waals surface area contributed by atoms with Crippen LogP contribution >= 0.6 is 11.6 Å². The van der Waals surface area contributed by atoms with Gasteiger partial charge in [0, 0.05) is 18.9 Å². The molecular formula is C17H15ClN4O2. The van der Waals surface area contributed by atoms with Crippen LogP contribution in [0.1, 0.15) is 5.56 Å². The third-order valence-corrected chi connectivity index (χ3v) is 3.32. The highest BCUT2D eigenvalue weighted by Gasteiger charge is 2.08. The Morgan fingerprint density at radius 1 is 1.29 bits per heavy atom. The average Bonchev–Trinajstić information content (AvgIpc) is 2.59. The number of phenols is 1. The molecule has 0 bridgehead atoms. The van der Waals surface area contributed by atoms with Crippen molar-refractivity contribution >= 4 is 23.3 Å². The van der Waals surface area contributed by atoms with Crippen LogP contribution < -0.4 is 10.6 Å². The van der Waals surface area contributed by atoms with E-state index in [-0.39, 0.29) is 11.3 Å². The van der Waals surface area contributed by atoms with Crippen molar-refractivity contribution in [3.8, 4) is 11.8 Å². The number of amides is 1. The molecule has 1 heterocycles. The highest BCUT2D eigenvalue weighted by atomic mass is 35.5. The molecule has 2 aromatic rings. The van der Waals surface area contributed by atoms with Crippen molar-refractivity contribution in [2.24, 2.45) is 0 Å². The van der Waals surface area contributed by atoms with Crippen LogP contribution in [-0.4, -0.2) is 22.5 Å². The molecule has 2 rings (SSSR count). The van der Waals surface area contributed by atoms with Crippen LogP contribution in [0.25, 0.3) is 0 Å². The van der Waals surface area contributed by atoms with Gasteiger partial charge in [0.15, 0.2) is 0 Å². The summed E-state index contributed by atoms with van der Waals surface area (Å²) in [6.45, 7) is 0.377. The van der Waals surface area contributed by atoms with Gasteiger partial charge in [-0.25, -0.2) is 4.98 Å². The lowest BCUT2D eigenvalue weighted by Crippen LogP contribution is -2.27. The molecule has 0 aliphatic rings. The summed E-state index contributed by atoms with van der Waals surface area (Å²) in [5, 5.41) is 24.2. The van der Waals surface area contributed by atoms with Gasteiger partial charge < -0.3 is 15.7 Å². The molecule has 0 aliphatic carbocycles. The van der Waals surface area contributed by atoms with Gasteiger partial charge in [0.25, 0.3) is 5.91 Å². The van der Waals surface area contributed by atoms with Crippen molar-refractivity contribution in [1.29, 1.82) is 5.26 Å². The Hall–Kier alpha value is -3.04. The van der Waals surface area contributed by atoms with Crippen LogP contribution in [0.5, 0.6) is 5.75 Å². The number of rotatable bonds is 6. The van der Waals surface area contributed by atoms with Crippen molar-refractivity contribution in [3.63, 3.8) is 0 Å². The number of anilines is 1. The second kappa shape index (κ2) is 8.56. The van der Waals surface area contributed by atoms with Gasteiger partial charge in [0.2, 0.25) is 0 Å². The van der Waals surface area contributed by atoms with E-state index >= 15 is 0 Å². The maximum absolute atomic E-state index is 12.0. The number of carbonyl (C=O) groups excluding carboxylic acids is 1. The number of aromatic hydroxyl groups is 1. The number of aromatic nitrogens is 1. The monoisotopic (exact) mass is 342 g/mol. The van der Waals surface area contributed by atoms with Crippen LogP contribution in [0, 0.1) is 11.3 Å². The zero-order valence-electron chi connectivity index (χ0n) is 12.7. The van der Waals surface area contributed by atoms with E-state index in [4.69, 9.17) is 16.9 Å². The van der Waals surface area contributed by atoms with E-state index in [2.05, 4.69) is 15.6 Å². The molecular weight excluding hydrogens is 328 g/mol. The molecule has 122 valence electrons. The summed E-state index contributed by atoms with van der Waals surface area (Å²) in [4.78, 5) is 16.0. The first-order valence-electron chi connectivity index (χ1n) is 7.13. The first-order valence-corrected chi connectivity index (χ1v) is 7.51. The highest BCUT2D eigenvalue weighted by molar-refractivity contribution is 6.30. The highest BCUT2D eigenvalue weighted by Crippen LogP contribution is 2.11. The van der Waals surface area contributed by atoms with Crippen molar-refractivity contribution in [1.82, 2.24) is 10.3 Å². The van der Waals surface area contributed by atoms with Crippen molar-refractivity contribution in [2.45, 2.75) is 6.42 Å². The number of nitrogens with zero attached hydrogens (tertiary/aromatic N) is 2. The Labute approximate surface area is 144 Å². The van der Waals surface area contributed by atoms with E-state index in [1.54, 1.807) is 36.4 Å². The zero-order chi connectivity index (χ0) is 17.4. The Balaban J connectivity index is 1.86. The van der Waals surface area contributed by atoms with Crippen LogP contribution in [0.3, 0.4) is 0 Å². The second-order valence-electron chi connectivity index (χ2n) is 4.85. The largest absolute Gasteiger partial charge is 0.508 e. The van der Waals surface area contributed by atoms with Crippen molar-refractivity contribution in [3.05, 3.63) is 65.0 Å². The molecule has 0 radical (unpaired) electrons. The van der Waals surface area contributed by atoms with Gasteiger partial charge >= 0.3 is 0 Å². The number of phenolic OH excluding ortho intramolecular Hbond substituents is 1. The lowest BCUT2D eigenvalue weighted by molar-refractivity contribution is -0.117. The summed E-state index contributed by atoms with van der Waals surface area (Å²) in [7, 11) is 0. The quantitative estimate of drug-likeness (QED) is 0.553. The fourth-order valence-corrected chi connectivity index (χ4v) is 1.95. The van der Waals surface area contributed by atoms with Gasteiger partial charge in [-0.3, -0.25) is 4.79 Å². The molecule has 3 N–H and O–H groups in total. The molecule has 0 unspecified atom stereocenters. The number of nitriles is 1. The molecule has 24 heavy (non-hydrogen) atoms. The van der Waals surface area contributed by atoms with Crippen LogP contribution in [-0.2, 0) is 11.2 Å². The molecule has 0 saturated carbocycles. The van der Waals surface area contributed by atoms with Gasteiger partial charge in [-0.1, -0.05) is 23.7 Å². The van der Waals surface area contributed by atoms with E-state index in [9.17, 15) is 9.90 Å². The van der Waals surface area contributed by atoms with E-state index in [1.165, 1.54) is 12.4 Å². The molecule has 0 fully saturated rings. The molecule has 1 amide bonds. The topological polar surface area (TPSA) is 98.0 Å². The third kappa shape index (κ3) is 5.30. The summed E-state index contributed by atoms with van der Waals surface area (Å²) in [5.41, 5.74) is 0.913. The number of hydrogen-bond acceptors (Lipinski definition) is 5. The van der Waals surface area contributed by atoms with Crippen molar-refractivity contribution < 1.29 is 9.90 Å². The zero-order valence-corrected chi connectivity index (χ0v) is 13.4. The molecule has 7 heteroatoms. The SMILES string of the molecule is N#C/C(=C/Nc1ccc(Cl)cn1)C(=O)NCCc1ccc(O)cc1. The number of hydrogen-bond donors (Lipinski definition) is 3. The summed E-state index contributed by atoms with van der Waals surface area (Å²) in [6.07, 6.45) is 3.35. The Morgan fingerprint density at radius 2 is 2.04 bits per heavy atom. The molecule has 1 aromatic carbocycles. The van der Waals surface area contributed by atoms with Gasteiger partial charge in [-0.2, -0.15) is 5.26 Å². The fourth-order valence-electron chi connectivity index (χ4n) is 1.83. The Kier molecular flexibility index (Phi) is 6.17. The van der Waals surface area contributed by atoms with Gasteiger partial charge in [0.1, 0.15) is 23.2 Å². The van der Waals surface area contributed by atoms with Gasteiger partial charge in [0.05, 0.1) is 5.02 Å². The minimum Gasteiger partial charge on any atom is -0.508 e. The normalized spacial score (nSPS) is 10.8. The number of halogens is 1. The number of pyridine rings is 1. The van der Waals surface area contributed by atoms with E-state index in [0.29, 0.717) is 23.8 Å². The fraction of sp³-hybridized carbons (Fsp3) is 0.118. The Morgan fingerprint density at radius 3 is 2.67 bits per heavy atom. The van der Waals surface area contributed by atoms with Gasteiger partial charge in [-0.05, 0) is 36.2 Å². The minimum atomic E-state index is -0.474. The summed E-state index contributed by atoms with van der Waals surface area (Å²) >= 11 is 5.73. The van der Waals surface area contributed by atoms with Crippen LogP contribution in [0.15, 0.2) is 54.4 Å². The smallest absolute Gasteiger partial charge is 0.263 e. The third-order valence-electron chi connectivity index (χ3n) is 3.09. The lowest BCUT2D eigenvalue weighted by atomic mass is 10.1. The first kappa shape index (κ1) is 17.3. The summed E-state index contributed by atoms with van der Waals surface area (Å²) in [6, 6.07) is 11.8. The predicted octanol–water partition coefficient (Wildman–Crippen LogP) is 2.62. The standard InChI is InChI=1S/C17H15ClN4O2/c18-14-3-6-16(22-11-14)21-10-13(9-19)17(24)20-8-7-12-1-4-15(23)5-2-12/h1-6,10-11,23H,7-8H2,(H,20,24)(H,21,22)/b13-10-. The summed E-state index contributed by atoms with van der Waals surface area (Å²) in [5.74, 6) is 0.196. The number of carbonyl (C=O) groups is 1. The number of benzene rings is 1. The Bertz CT molecular complexity index is 765. The van der Waals surface area contributed by atoms with Gasteiger partial charge in [-0.15, -0.1) is 0 Å². The molecule has 0 aliphatic heterocycles. The molecule has 0 spiro atoms. The molecule has 0 atom stereocenters. The predicted molar refractivity (Wildman–Crippen MR) is 91.4 cm³/mol. The summed E-state index contributed by atoms with van der Waals surface area (Å²) < 4.78 is 0. The molecule has 1 aromatic heterocycles. The maximum atomic E-state index is 12.0. The minimum absolute atomic E-state index is 0.0579. The van der Waals surface area contributed by atoms with E-state index in [0.717, 1.165) is 5.56 Å². The van der Waals surface area contributed by atoms with E-state index < -0.39 is 5.91 Å². The molecule has 0 saturated heterocycles. The number of nitrogens with one attached hydrogen (secondary N) is 2. The van der Waals surface area contributed by atoms with E-state index in [1.807, 2.05) is 6.07 Å². The average molecular weight is 343 g/mol.